The molecule has 1 saturated heterocycles. The van der Waals surface area contributed by atoms with Crippen LogP contribution in [0.1, 0.15) is 37.6 Å². The lowest BCUT2D eigenvalue weighted by Gasteiger charge is -2.23. The normalized spacial score (nSPS) is 19.6. The van der Waals surface area contributed by atoms with Gasteiger partial charge in [-0.3, -0.25) is 14.5 Å². The Morgan fingerprint density at radius 2 is 2.00 bits per heavy atom. The number of hydrogen-bond donors (Lipinski definition) is 2. The third kappa shape index (κ3) is 4.73. The van der Waals surface area contributed by atoms with E-state index in [0.717, 1.165) is 26.6 Å². The van der Waals surface area contributed by atoms with Crippen molar-refractivity contribution in [2.75, 3.05) is 6.54 Å². The van der Waals surface area contributed by atoms with Crippen molar-refractivity contribution in [3.05, 3.63) is 41.0 Å². The number of thiazole rings is 1. The summed E-state index contributed by atoms with van der Waals surface area (Å²) in [5.41, 5.74) is 4.74. The van der Waals surface area contributed by atoms with Crippen LogP contribution in [0.15, 0.2) is 29.8 Å². The maximum absolute atomic E-state index is 12.7. The molecule has 1 fully saturated rings. The molecule has 0 bridgehead atoms. The lowest BCUT2D eigenvalue weighted by Crippen LogP contribution is -2.46. The van der Waals surface area contributed by atoms with Crippen molar-refractivity contribution in [2.45, 2.75) is 45.4 Å². The minimum absolute atomic E-state index is 0.00964. The summed E-state index contributed by atoms with van der Waals surface area (Å²) in [5, 5.41) is 12.2. The van der Waals surface area contributed by atoms with Crippen molar-refractivity contribution < 1.29 is 24.2 Å². The van der Waals surface area contributed by atoms with E-state index < -0.39 is 30.1 Å². The van der Waals surface area contributed by atoms with Gasteiger partial charge in [-0.1, -0.05) is 24.3 Å². The number of nitrogens with zero attached hydrogens (tertiary/aromatic N) is 2. The number of amides is 2. The second-order valence-electron chi connectivity index (χ2n) is 7.04. The number of carbonyl (C=O) groups is 3. The lowest BCUT2D eigenvalue weighted by atomic mass is 10.0. The minimum Gasteiger partial charge on any atom is -0.465 e. The van der Waals surface area contributed by atoms with Crippen LogP contribution in [0, 0.1) is 6.92 Å². The highest BCUT2D eigenvalue weighted by molar-refractivity contribution is 7.13. The Balaban J connectivity index is 1.67. The number of ether oxygens (including phenoxy) is 1. The lowest BCUT2D eigenvalue weighted by molar-refractivity contribution is -0.145. The molecule has 9 heteroatoms. The Labute approximate surface area is 172 Å². The number of aryl methyl sites for hydroxylation is 1. The number of aromatic nitrogens is 1. The second-order valence-corrected chi connectivity index (χ2v) is 7.89. The summed E-state index contributed by atoms with van der Waals surface area (Å²) in [4.78, 5) is 41.7. The monoisotopic (exact) mass is 417 g/mol. The van der Waals surface area contributed by atoms with Gasteiger partial charge >= 0.3 is 12.1 Å². The van der Waals surface area contributed by atoms with E-state index >= 15 is 0 Å². The number of carbonyl (C=O) groups excluding carboxylic acids is 2. The van der Waals surface area contributed by atoms with E-state index in [4.69, 9.17) is 4.74 Å². The highest BCUT2D eigenvalue weighted by Crippen LogP contribution is 2.28. The molecular formula is C20H23N3O5S. The maximum Gasteiger partial charge on any atom is 0.408 e. The molecule has 1 aromatic heterocycles. The smallest absolute Gasteiger partial charge is 0.408 e. The summed E-state index contributed by atoms with van der Waals surface area (Å²) in [6, 6.07) is 6.64. The zero-order valence-corrected chi connectivity index (χ0v) is 17.2. The van der Waals surface area contributed by atoms with Crippen molar-refractivity contribution in [1.29, 1.82) is 0 Å². The molecule has 3 atom stereocenters. The molecular weight excluding hydrogens is 394 g/mol. The molecule has 8 nitrogen and oxygen atoms in total. The van der Waals surface area contributed by atoms with Gasteiger partial charge in [-0.25, -0.2) is 9.78 Å². The fraction of sp³-hybridized carbons (Fsp3) is 0.400. The van der Waals surface area contributed by atoms with Gasteiger partial charge in [-0.05, 0) is 25.0 Å². The number of hydrogen-bond acceptors (Lipinski definition) is 6. The predicted octanol–water partition coefficient (Wildman–Crippen LogP) is 2.98. The van der Waals surface area contributed by atoms with E-state index in [-0.39, 0.29) is 19.0 Å². The van der Waals surface area contributed by atoms with E-state index in [2.05, 4.69) is 10.3 Å². The van der Waals surface area contributed by atoms with Crippen LogP contribution < -0.4 is 5.32 Å². The van der Waals surface area contributed by atoms with Crippen LogP contribution >= 0.6 is 11.3 Å². The fourth-order valence-electron chi connectivity index (χ4n) is 3.47. The summed E-state index contributed by atoms with van der Waals surface area (Å²) >= 11 is 1.57. The molecule has 1 aliphatic rings. The number of rotatable bonds is 5. The highest BCUT2D eigenvalue weighted by Gasteiger charge is 2.41. The van der Waals surface area contributed by atoms with Gasteiger partial charge in [-0.2, -0.15) is 0 Å². The van der Waals surface area contributed by atoms with Gasteiger partial charge < -0.3 is 15.2 Å². The highest BCUT2D eigenvalue weighted by atomic mass is 32.1. The Hall–Kier alpha value is -2.94. The molecule has 0 radical (unpaired) electrons. The van der Waals surface area contributed by atoms with E-state index in [1.807, 2.05) is 38.1 Å². The van der Waals surface area contributed by atoms with Crippen LogP contribution in [0.5, 0.6) is 0 Å². The number of likely N-dealkylation sites (tertiary alicyclic amines) is 1. The largest absolute Gasteiger partial charge is 0.465 e. The Morgan fingerprint density at radius 3 is 2.55 bits per heavy atom. The summed E-state index contributed by atoms with van der Waals surface area (Å²) in [6.07, 6.45) is -1.68. The van der Waals surface area contributed by atoms with Crippen LogP contribution in [0.2, 0.25) is 0 Å². The number of carboxylic acid groups (broad SMARTS) is 1. The molecule has 0 spiro atoms. The number of esters is 1. The van der Waals surface area contributed by atoms with Gasteiger partial charge in [0, 0.05) is 13.3 Å². The van der Waals surface area contributed by atoms with Crippen molar-refractivity contribution >= 4 is 29.3 Å². The molecule has 3 rings (SSSR count). The van der Waals surface area contributed by atoms with Crippen molar-refractivity contribution in [3.63, 3.8) is 0 Å². The van der Waals surface area contributed by atoms with E-state index in [9.17, 15) is 19.5 Å². The zero-order chi connectivity index (χ0) is 21.1. The van der Waals surface area contributed by atoms with Crippen LogP contribution in [-0.2, 0) is 14.3 Å². The molecule has 0 saturated carbocycles. The van der Waals surface area contributed by atoms with Crippen LogP contribution in [0.25, 0.3) is 10.4 Å². The molecule has 1 aliphatic heterocycles. The van der Waals surface area contributed by atoms with Gasteiger partial charge in [0.15, 0.2) is 0 Å². The average molecular weight is 417 g/mol. The van der Waals surface area contributed by atoms with E-state index in [1.165, 1.54) is 6.92 Å². The Kier molecular flexibility index (Phi) is 6.17. The first-order chi connectivity index (χ1) is 13.8. The number of benzene rings is 1. The Bertz CT molecular complexity index is 911. The molecule has 2 amide bonds. The average Bonchev–Trinajstić information content (AvgIpc) is 3.27. The zero-order valence-electron chi connectivity index (χ0n) is 16.4. The SMILES string of the molecule is CC(=O)O[C@@H]1C[C@@H](C(=O)N[C@@H](C)c2ccc(-c3scnc3C)cc2)N(C(=O)O)C1. The maximum atomic E-state index is 12.7. The molecule has 1 aromatic carbocycles. The fourth-order valence-corrected chi connectivity index (χ4v) is 4.28. The van der Waals surface area contributed by atoms with Crippen LogP contribution in [-0.4, -0.2) is 51.7 Å². The van der Waals surface area contributed by atoms with Gasteiger partial charge in [0.1, 0.15) is 12.1 Å². The Morgan fingerprint density at radius 1 is 1.31 bits per heavy atom. The van der Waals surface area contributed by atoms with Crippen LogP contribution in [0.4, 0.5) is 4.79 Å². The third-order valence-electron chi connectivity index (χ3n) is 4.92. The molecule has 0 unspecified atom stereocenters. The predicted molar refractivity (Wildman–Crippen MR) is 108 cm³/mol. The first kappa shape index (κ1) is 20.8. The van der Waals surface area contributed by atoms with E-state index in [1.54, 1.807) is 16.8 Å². The summed E-state index contributed by atoms with van der Waals surface area (Å²) in [5.74, 6) is -0.900. The number of nitrogens with one attached hydrogen (secondary N) is 1. The van der Waals surface area contributed by atoms with Crippen LogP contribution in [0.3, 0.4) is 0 Å². The van der Waals surface area contributed by atoms with E-state index in [0.29, 0.717) is 0 Å². The molecule has 2 heterocycles. The molecule has 2 aromatic rings. The summed E-state index contributed by atoms with van der Waals surface area (Å²) < 4.78 is 5.09. The van der Waals surface area contributed by atoms with Crippen molar-refractivity contribution in [2.24, 2.45) is 0 Å². The first-order valence-electron chi connectivity index (χ1n) is 9.23. The van der Waals surface area contributed by atoms with Gasteiger partial charge in [0.2, 0.25) is 5.91 Å². The standard InChI is InChI=1S/C20H23N3O5S/c1-11(14-4-6-15(7-5-14)18-12(2)21-10-29-18)22-19(25)17-8-16(28-13(3)24)9-23(17)20(26)27/h4-7,10-11,16-17H,8-9H2,1-3H3,(H,22,25)(H,26,27)/t11-,16+,17-/m0/s1. The topological polar surface area (TPSA) is 109 Å². The molecule has 2 N–H and O–H groups in total. The third-order valence-corrected chi connectivity index (χ3v) is 5.90. The molecule has 0 aliphatic carbocycles. The van der Waals surface area contributed by atoms with Gasteiger partial charge in [0.25, 0.3) is 0 Å². The summed E-state index contributed by atoms with van der Waals surface area (Å²) in [7, 11) is 0. The van der Waals surface area contributed by atoms with Gasteiger partial charge in [0.05, 0.1) is 28.7 Å². The molecule has 29 heavy (non-hydrogen) atoms. The van der Waals surface area contributed by atoms with Crippen molar-refractivity contribution in [1.82, 2.24) is 15.2 Å². The second kappa shape index (κ2) is 8.60. The van der Waals surface area contributed by atoms with Gasteiger partial charge in [-0.15, -0.1) is 11.3 Å². The van der Waals surface area contributed by atoms with Crippen molar-refractivity contribution in [3.8, 4) is 10.4 Å². The first-order valence-corrected chi connectivity index (χ1v) is 10.1. The quantitative estimate of drug-likeness (QED) is 0.724. The minimum atomic E-state index is -1.21. The summed E-state index contributed by atoms with van der Waals surface area (Å²) in [6.45, 7) is 5.05. The molecule has 154 valence electrons.